The molecule has 1 atom stereocenters. The van der Waals surface area contributed by atoms with Gasteiger partial charge in [0.05, 0.1) is 12.5 Å². The van der Waals surface area contributed by atoms with Gasteiger partial charge in [0.1, 0.15) is 0 Å². The number of esters is 1. The molecule has 0 N–H and O–H groups in total. The Morgan fingerprint density at radius 3 is 2.22 bits per heavy atom. The van der Waals surface area contributed by atoms with Crippen LogP contribution >= 0.6 is 0 Å². The van der Waals surface area contributed by atoms with Crippen LogP contribution in [-0.4, -0.2) is 84.9 Å². The molecule has 2 aliphatic rings. The summed E-state index contributed by atoms with van der Waals surface area (Å²) in [5.74, 6) is -1.50. The first-order valence-corrected chi connectivity index (χ1v) is 8.54. The van der Waals surface area contributed by atoms with Gasteiger partial charge < -0.3 is 19.4 Å². The smallest absolute Gasteiger partial charge is 0.312 e. The van der Waals surface area contributed by atoms with Crippen LogP contribution in [0.15, 0.2) is 0 Å². The molecule has 2 fully saturated rings. The summed E-state index contributed by atoms with van der Waals surface area (Å²) in [6.45, 7) is 8.78. The second kappa shape index (κ2) is 8.29. The second-order valence-corrected chi connectivity index (χ2v) is 6.07. The minimum absolute atomic E-state index is 0.269. The van der Waals surface area contributed by atoms with E-state index in [2.05, 4.69) is 11.8 Å². The molecule has 7 heteroatoms. The van der Waals surface area contributed by atoms with Gasteiger partial charge in [-0.1, -0.05) is 6.92 Å². The molecule has 0 saturated carbocycles. The maximum atomic E-state index is 12.4. The van der Waals surface area contributed by atoms with Crippen molar-refractivity contribution in [3.8, 4) is 0 Å². The Hall–Kier alpha value is -1.63. The lowest BCUT2D eigenvalue weighted by Crippen LogP contribution is -2.54. The first-order valence-electron chi connectivity index (χ1n) is 8.54. The second-order valence-electron chi connectivity index (χ2n) is 6.07. The van der Waals surface area contributed by atoms with Crippen LogP contribution in [0.25, 0.3) is 0 Å². The first-order chi connectivity index (χ1) is 11.1. The van der Waals surface area contributed by atoms with Crippen molar-refractivity contribution < 1.29 is 19.1 Å². The number of nitrogens with zero attached hydrogens (tertiary/aromatic N) is 3. The average molecular weight is 325 g/mol. The molecule has 2 amide bonds. The van der Waals surface area contributed by atoms with Crippen LogP contribution in [0.5, 0.6) is 0 Å². The van der Waals surface area contributed by atoms with Crippen LogP contribution in [0.2, 0.25) is 0 Å². The van der Waals surface area contributed by atoms with Crippen molar-refractivity contribution in [2.24, 2.45) is 5.92 Å². The molecule has 23 heavy (non-hydrogen) atoms. The zero-order chi connectivity index (χ0) is 16.8. The molecular weight excluding hydrogens is 298 g/mol. The van der Waals surface area contributed by atoms with Crippen molar-refractivity contribution in [1.82, 2.24) is 14.7 Å². The summed E-state index contributed by atoms with van der Waals surface area (Å²) in [7, 11) is 0. The van der Waals surface area contributed by atoms with E-state index < -0.39 is 11.8 Å². The number of ether oxygens (including phenoxy) is 1. The van der Waals surface area contributed by atoms with Crippen molar-refractivity contribution >= 4 is 17.8 Å². The Morgan fingerprint density at radius 1 is 0.957 bits per heavy atom. The van der Waals surface area contributed by atoms with E-state index in [1.165, 1.54) is 4.90 Å². The fraction of sp³-hybridized carbons (Fsp3) is 0.812. The van der Waals surface area contributed by atoms with Crippen LogP contribution in [0.3, 0.4) is 0 Å². The predicted octanol–water partition coefficient (Wildman–Crippen LogP) is -0.0478. The van der Waals surface area contributed by atoms with E-state index in [0.717, 1.165) is 26.1 Å². The van der Waals surface area contributed by atoms with Gasteiger partial charge in [0.25, 0.3) is 0 Å². The Bertz CT molecular complexity index is 447. The number of piperazine rings is 1. The number of likely N-dealkylation sites (tertiary alicyclic amines) is 1. The monoisotopic (exact) mass is 325 g/mol. The Labute approximate surface area is 137 Å². The van der Waals surface area contributed by atoms with Gasteiger partial charge in [0.2, 0.25) is 0 Å². The van der Waals surface area contributed by atoms with Crippen LogP contribution in [-0.2, 0) is 19.1 Å². The number of carbonyl (C=O) groups is 3. The highest BCUT2D eigenvalue weighted by Gasteiger charge is 2.34. The van der Waals surface area contributed by atoms with Gasteiger partial charge in [0, 0.05) is 39.3 Å². The van der Waals surface area contributed by atoms with E-state index in [-0.39, 0.29) is 11.9 Å². The maximum absolute atomic E-state index is 12.4. The van der Waals surface area contributed by atoms with Crippen LogP contribution in [0.1, 0.15) is 26.7 Å². The molecule has 0 spiro atoms. The van der Waals surface area contributed by atoms with Gasteiger partial charge >= 0.3 is 17.8 Å². The molecule has 0 bridgehead atoms. The quantitative estimate of drug-likeness (QED) is 0.538. The number of hydrogen-bond acceptors (Lipinski definition) is 5. The number of amides is 2. The molecule has 2 heterocycles. The standard InChI is InChI=1S/C16H27N3O4/c1-3-17-8-10-18(11-9-17)14(20)15(21)19-7-5-6-13(12-19)16(22)23-4-2/h13H,3-12H2,1-2H3. The fourth-order valence-electron chi connectivity index (χ4n) is 3.15. The number of carbonyl (C=O) groups excluding carboxylic acids is 3. The molecule has 0 radical (unpaired) electrons. The summed E-state index contributed by atoms with van der Waals surface area (Å²) in [6.07, 6.45) is 1.44. The fourth-order valence-corrected chi connectivity index (χ4v) is 3.15. The highest BCUT2D eigenvalue weighted by molar-refractivity contribution is 6.35. The van der Waals surface area contributed by atoms with Gasteiger partial charge in [-0.15, -0.1) is 0 Å². The molecule has 2 aliphatic heterocycles. The van der Waals surface area contributed by atoms with E-state index in [1.807, 2.05) is 0 Å². The summed E-state index contributed by atoms with van der Waals surface area (Å²) >= 11 is 0. The topological polar surface area (TPSA) is 70.2 Å². The Kier molecular flexibility index (Phi) is 6.38. The van der Waals surface area contributed by atoms with Gasteiger partial charge in [-0.2, -0.15) is 0 Å². The highest BCUT2D eigenvalue weighted by atomic mass is 16.5. The zero-order valence-corrected chi connectivity index (χ0v) is 14.1. The number of piperidine rings is 1. The number of likely N-dealkylation sites (N-methyl/N-ethyl adjacent to an activating group) is 1. The van der Waals surface area contributed by atoms with Crippen molar-refractivity contribution in [3.63, 3.8) is 0 Å². The molecule has 0 aromatic heterocycles. The van der Waals surface area contributed by atoms with E-state index in [1.54, 1.807) is 11.8 Å². The number of rotatable bonds is 3. The van der Waals surface area contributed by atoms with Gasteiger partial charge in [-0.25, -0.2) is 0 Å². The maximum Gasteiger partial charge on any atom is 0.312 e. The zero-order valence-electron chi connectivity index (χ0n) is 14.1. The summed E-state index contributed by atoms with van der Waals surface area (Å²) < 4.78 is 5.03. The molecule has 2 saturated heterocycles. The van der Waals surface area contributed by atoms with Gasteiger partial charge in [-0.3, -0.25) is 14.4 Å². The van der Waals surface area contributed by atoms with Crippen molar-refractivity contribution in [2.75, 3.05) is 52.4 Å². The van der Waals surface area contributed by atoms with Crippen LogP contribution in [0, 0.1) is 5.92 Å². The molecule has 7 nitrogen and oxygen atoms in total. The third kappa shape index (κ3) is 4.43. The lowest BCUT2D eigenvalue weighted by atomic mass is 9.98. The lowest BCUT2D eigenvalue weighted by Gasteiger charge is -2.36. The molecule has 0 aromatic carbocycles. The van der Waals surface area contributed by atoms with E-state index in [4.69, 9.17) is 4.74 Å². The molecular formula is C16H27N3O4. The summed E-state index contributed by atoms with van der Waals surface area (Å²) in [4.78, 5) is 42.1. The van der Waals surface area contributed by atoms with E-state index in [0.29, 0.717) is 39.2 Å². The van der Waals surface area contributed by atoms with Crippen LogP contribution in [0.4, 0.5) is 0 Å². The minimum atomic E-state index is -0.482. The summed E-state index contributed by atoms with van der Waals surface area (Å²) in [5.41, 5.74) is 0. The average Bonchev–Trinajstić information content (AvgIpc) is 2.61. The van der Waals surface area contributed by atoms with E-state index >= 15 is 0 Å². The van der Waals surface area contributed by atoms with Gasteiger partial charge in [-0.05, 0) is 26.3 Å². The first kappa shape index (κ1) is 17.7. The molecule has 1 unspecified atom stereocenters. The third-order valence-corrected chi connectivity index (χ3v) is 4.62. The number of hydrogen-bond donors (Lipinski definition) is 0. The van der Waals surface area contributed by atoms with Crippen molar-refractivity contribution in [2.45, 2.75) is 26.7 Å². The largest absolute Gasteiger partial charge is 0.466 e. The van der Waals surface area contributed by atoms with Crippen LogP contribution < -0.4 is 0 Å². The van der Waals surface area contributed by atoms with Crippen molar-refractivity contribution in [3.05, 3.63) is 0 Å². The van der Waals surface area contributed by atoms with Gasteiger partial charge in [0.15, 0.2) is 0 Å². The third-order valence-electron chi connectivity index (χ3n) is 4.62. The SMILES string of the molecule is CCOC(=O)C1CCCN(C(=O)C(=O)N2CCN(CC)CC2)C1. The lowest BCUT2D eigenvalue weighted by molar-refractivity contribution is -0.157. The molecule has 2 rings (SSSR count). The predicted molar refractivity (Wildman–Crippen MR) is 84.6 cm³/mol. The highest BCUT2D eigenvalue weighted by Crippen LogP contribution is 2.18. The van der Waals surface area contributed by atoms with E-state index in [9.17, 15) is 14.4 Å². The molecule has 130 valence electrons. The Balaban J connectivity index is 1.89. The molecule has 0 aliphatic carbocycles. The normalized spacial score (nSPS) is 22.8. The Morgan fingerprint density at radius 2 is 1.61 bits per heavy atom. The van der Waals surface area contributed by atoms with Crippen molar-refractivity contribution in [1.29, 1.82) is 0 Å². The summed E-state index contributed by atoms with van der Waals surface area (Å²) in [5, 5.41) is 0. The summed E-state index contributed by atoms with van der Waals surface area (Å²) in [6, 6.07) is 0. The molecule has 0 aromatic rings. The minimum Gasteiger partial charge on any atom is -0.466 e.